The van der Waals surface area contributed by atoms with Crippen LogP contribution in [0.25, 0.3) is 0 Å². The van der Waals surface area contributed by atoms with Gasteiger partial charge in [-0.05, 0) is 6.92 Å². The van der Waals surface area contributed by atoms with Gasteiger partial charge in [0.2, 0.25) is 6.04 Å². The van der Waals surface area contributed by atoms with E-state index in [9.17, 15) is 31.1 Å². The normalized spacial score (nSPS) is 12.8. The first kappa shape index (κ1) is 13.8. The third-order valence-electron chi connectivity index (χ3n) is 1.27. The van der Waals surface area contributed by atoms with Crippen molar-refractivity contribution >= 4 is 6.03 Å². The monoisotopic (exact) mass is 238 g/mol. The van der Waals surface area contributed by atoms with Crippen LogP contribution in [-0.2, 0) is 0 Å². The summed E-state index contributed by atoms with van der Waals surface area (Å²) in [6.45, 7) is 1.28. The lowest BCUT2D eigenvalue weighted by Gasteiger charge is -2.23. The number of carbonyl (C=O) groups excluding carboxylic acids is 1. The Bertz CT molecular complexity index is 209. The summed E-state index contributed by atoms with van der Waals surface area (Å²) >= 11 is 0. The second-order valence-electron chi connectivity index (χ2n) is 2.52. The Labute approximate surface area is 80.8 Å². The van der Waals surface area contributed by atoms with Crippen LogP contribution < -0.4 is 10.6 Å². The molecule has 0 aromatic heterocycles. The van der Waals surface area contributed by atoms with Gasteiger partial charge in [0, 0.05) is 6.54 Å². The predicted molar refractivity (Wildman–Crippen MR) is 38.1 cm³/mol. The second kappa shape index (κ2) is 4.58. The van der Waals surface area contributed by atoms with Gasteiger partial charge in [0.15, 0.2) is 0 Å². The zero-order valence-electron chi connectivity index (χ0n) is 7.46. The number of nitrogens with one attached hydrogen (secondary N) is 2. The van der Waals surface area contributed by atoms with E-state index >= 15 is 0 Å². The minimum absolute atomic E-state index is 0.0751. The van der Waals surface area contributed by atoms with Gasteiger partial charge in [-0.1, -0.05) is 0 Å². The first-order valence-corrected chi connectivity index (χ1v) is 3.76. The maximum atomic E-state index is 11.9. The van der Waals surface area contributed by atoms with E-state index in [0.717, 1.165) is 5.32 Å². The average molecular weight is 238 g/mol. The van der Waals surface area contributed by atoms with Gasteiger partial charge in [-0.3, -0.25) is 0 Å². The number of carbonyl (C=O) groups is 1. The molecule has 2 amide bonds. The maximum Gasteiger partial charge on any atom is 0.417 e. The Hall–Kier alpha value is -1.15. The molecular formula is C6H8F6N2O. The summed E-state index contributed by atoms with van der Waals surface area (Å²) in [6, 6.07) is -5.37. The minimum Gasteiger partial charge on any atom is -0.338 e. The fourth-order valence-electron chi connectivity index (χ4n) is 0.692. The van der Waals surface area contributed by atoms with E-state index in [1.54, 1.807) is 5.32 Å². The first-order valence-electron chi connectivity index (χ1n) is 3.76. The average Bonchev–Trinajstić information content (AvgIpc) is 1.96. The number of halogens is 6. The summed E-state index contributed by atoms with van der Waals surface area (Å²) in [5.74, 6) is 0. The van der Waals surface area contributed by atoms with Gasteiger partial charge in [-0.15, -0.1) is 0 Å². The maximum absolute atomic E-state index is 11.9. The first-order chi connectivity index (χ1) is 6.59. The van der Waals surface area contributed by atoms with Crippen LogP contribution >= 0.6 is 0 Å². The summed E-state index contributed by atoms with van der Waals surface area (Å²) in [5.41, 5.74) is 0. The van der Waals surface area contributed by atoms with Crippen LogP contribution in [-0.4, -0.2) is 31.0 Å². The number of amides is 2. The zero-order chi connectivity index (χ0) is 12.3. The van der Waals surface area contributed by atoms with Crippen LogP contribution in [0.2, 0.25) is 0 Å². The van der Waals surface area contributed by atoms with Gasteiger partial charge in [-0.2, -0.15) is 26.3 Å². The summed E-state index contributed by atoms with van der Waals surface area (Å²) in [7, 11) is 0. The Morgan fingerprint density at radius 2 is 1.53 bits per heavy atom. The van der Waals surface area contributed by atoms with Crippen molar-refractivity contribution in [3.8, 4) is 0 Å². The molecule has 0 radical (unpaired) electrons. The molecule has 0 heterocycles. The molecule has 0 unspecified atom stereocenters. The topological polar surface area (TPSA) is 41.1 Å². The predicted octanol–water partition coefficient (Wildman–Crippen LogP) is 1.80. The quantitative estimate of drug-likeness (QED) is 0.707. The van der Waals surface area contributed by atoms with Gasteiger partial charge < -0.3 is 10.6 Å². The van der Waals surface area contributed by atoms with Crippen LogP contribution in [0.3, 0.4) is 0 Å². The molecule has 0 saturated carbocycles. The smallest absolute Gasteiger partial charge is 0.338 e. The number of hydrogen-bond acceptors (Lipinski definition) is 1. The third-order valence-corrected chi connectivity index (χ3v) is 1.27. The molecule has 0 spiro atoms. The minimum atomic E-state index is -5.57. The fourth-order valence-corrected chi connectivity index (χ4v) is 0.692. The molecule has 0 atom stereocenters. The van der Waals surface area contributed by atoms with Crippen molar-refractivity contribution in [1.29, 1.82) is 0 Å². The van der Waals surface area contributed by atoms with E-state index in [1.807, 2.05) is 0 Å². The van der Waals surface area contributed by atoms with E-state index in [0.29, 0.717) is 0 Å². The van der Waals surface area contributed by atoms with Crippen molar-refractivity contribution in [1.82, 2.24) is 10.6 Å². The van der Waals surface area contributed by atoms with E-state index in [2.05, 4.69) is 0 Å². The lowest BCUT2D eigenvalue weighted by molar-refractivity contribution is -0.255. The second-order valence-corrected chi connectivity index (χ2v) is 2.52. The number of alkyl halides is 6. The van der Waals surface area contributed by atoms with Crippen LogP contribution in [0, 0.1) is 0 Å². The molecule has 0 aliphatic heterocycles. The highest BCUT2D eigenvalue weighted by Crippen LogP contribution is 2.32. The summed E-state index contributed by atoms with van der Waals surface area (Å²) in [4.78, 5) is 10.5. The highest BCUT2D eigenvalue weighted by Gasteiger charge is 2.57. The van der Waals surface area contributed by atoms with Crippen LogP contribution in [0.1, 0.15) is 6.92 Å². The van der Waals surface area contributed by atoms with Gasteiger partial charge >= 0.3 is 18.4 Å². The van der Waals surface area contributed by atoms with E-state index in [1.165, 1.54) is 6.92 Å². The van der Waals surface area contributed by atoms with Crippen LogP contribution in [0.5, 0.6) is 0 Å². The molecule has 0 fully saturated rings. The highest BCUT2D eigenvalue weighted by molar-refractivity contribution is 5.74. The molecule has 0 aliphatic carbocycles. The molecule has 0 aliphatic rings. The molecule has 15 heavy (non-hydrogen) atoms. The van der Waals surface area contributed by atoms with Crippen LogP contribution in [0.4, 0.5) is 31.1 Å². The van der Waals surface area contributed by atoms with Gasteiger partial charge in [0.1, 0.15) is 0 Å². The Morgan fingerprint density at radius 3 is 1.80 bits per heavy atom. The molecule has 90 valence electrons. The molecular weight excluding hydrogens is 230 g/mol. The number of rotatable bonds is 2. The van der Waals surface area contributed by atoms with Crippen molar-refractivity contribution in [2.45, 2.75) is 25.3 Å². The summed E-state index contributed by atoms with van der Waals surface area (Å²) < 4.78 is 71.1. The molecule has 9 heteroatoms. The Kier molecular flexibility index (Phi) is 4.23. The van der Waals surface area contributed by atoms with Crippen molar-refractivity contribution in [2.75, 3.05) is 6.54 Å². The van der Waals surface area contributed by atoms with Gasteiger partial charge in [0.05, 0.1) is 0 Å². The molecule has 0 bridgehead atoms. The SMILES string of the molecule is CCNC(=O)NC(C(F)(F)F)C(F)(F)F. The van der Waals surface area contributed by atoms with Crippen molar-refractivity contribution in [3.63, 3.8) is 0 Å². The summed E-state index contributed by atoms with van der Waals surface area (Å²) in [6.07, 6.45) is -11.1. The standard InChI is InChI=1S/C6H8F6N2O/c1-2-13-4(15)14-3(5(7,8)9)6(10,11)12/h3H,2H2,1H3,(H2,13,14,15). The Balaban J connectivity index is 4.62. The van der Waals surface area contributed by atoms with Gasteiger partial charge in [0.25, 0.3) is 0 Å². The molecule has 0 saturated heterocycles. The zero-order valence-corrected chi connectivity index (χ0v) is 7.46. The lowest BCUT2D eigenvalue weighted by Crippen LogP contribution is -2.56. The highest BCUT2D eigenvalue weighted by atomic mass is 19.4. The van der Waals surface area contributed by atoms with Crippen LogP contribution in [0.15, 0.2) is 0 Å². The van der Waals surface area contributed by atoms with Gasteiger partial charge in [-0.25, -0.2) is 4.79 Å². The van der Waals surface area contributed by atoms with Crippen molar-refractivity contribution in [2.24, 2.45) is 0 Å². The molecule has 3 nitrogen and oxygen atoms in total. The number of hydrogen-bond donors (Lipinski definition) is 2. The lowest BCUT2D eigenvalue weighted by atomic mass is 10.3. The largest absolute Gasteiger partial charge is 0.417 e. The molecule has 0 aromatic carbocycles. The van der Waals surface area contributed by atoms with Crippen molar-refractivity contribution in [3.05, 3.63) is 0 Å². The van der Waals surface area contributed by atoms with E-state index in [4.69, 9.17) is 0 Å². The molecule has 0 rings (SSSR count). The summed E-state index contributed by atoms with van der Waals surface area (Å²) in [5, 5.41) is 2.57. The Morgan fingerprint density at radius 1 is 1.13 bits per heavy atom. The van der Waals surface area contributed by atoms with E-state index < -0.39 is 24.4 Å². The van der Waals surface area contributed by atoms with E-state index in [-0.39, 0.29) is 6.54 Å². The number of urea groups is 1. The molecule has 2 N–H and O–H groups in total. The molecule has 0 aromatic rings. The third kappa shape index (κ3) is 4.75. The fraction of sp³-hybridized carbons (Fsp3) is 0.833. The van der Waals surface area contributed by atoms with Crippen molar-refractivity contribution < 1.29 is 31.1 Å².